The summed E-state index contributed by atoms with van der Waals surface area (Å²) in [7, 11) is 1.57. The van der Waals surface area contributed by atoms with E-state index in [0.717, 1.165) is 6.07 Å². The normalized spacial score (nSPS) is 10.1. The maximum atomic E-state index is 12.0. The third kappa shape index (κ3) is 5.10. The fraction of sp³-hybridized carbons (Fsp3) is 0.278. The van der Waals surface area contributed by atoms with Gasteiger partial charge >= 0.3 is 11.7 Å². The first kappa shape index (κ1) is 19.0. The van der Waals surface area contributed by atoms with Gasteiger partial charge in [0.2, 0.25) is 0 Å². The molecule has 0 saturated heterocycles. The van der Waals surface area contributed by atoms with Crippen molar-refractivity contribution in [2.45, 2.75) is 6.92 Å². The Hall–Kier alpha value is -3.29. The molecular formula is C18H19NO7. The maximum absolute atomic E-state index is 12.0. The van der Waals surface area contributed by atoms with Crippen molar-refractivity contribution in [1.29, 1.82) is 0 Å². The summed E-state index contributed by atoms with van der Waals surface area (Å²) >= 11 is 0. The van der Waals surface area contributed by atoms with Gasteiger partial charge in [0.25, 0.3) is 0 Å². The summed E-state index contributed by atoms with van der Waals surface area (Å²) in [5, 5.41) is 11.1. The van der Waals surface area contributed by atoms with Crippen LogP contribution in [0.4, 0.5) is 5.69 Å². The zero-order valence-electron chi connectivity index (χ0n) is 14.5. The van der Waals surface area contributed by atoms with Gasteiger partial charge in [0.1, 0.15) is 24.7 Å². The van der Waals surface area contributed by atoms with Crippen LogP contribution in [0.3, 0.4) is 0 Å². The van der Waals surface area contributed by atoms with Crippen molar-refractivity contribution in [3.8, 4) is 17.2 Å². The number of rotatable bonds is 9. The molecule has 0 heterocycles. The molecule has 2 rings (SSSR count). The second-order valence-electron chi connectivity index (χ2n) is 5.03. The van der Waals surface area contributed by atoms with E-state index in [9.17, 15) is 14.9 Å². The van der Waals surface area contributed by atoms with Crippen LogP contribution in [0.25, 0.3) is 0 Å². The van der Waals surface area contributed by atoms with Crippen LogP contribution in [-0.4, -0.2) is 37.8 Å². The first-order valence-corrected chi connectivity index (χ1v) is 7.90. The lowest BCUT2D eigenvalue weighted by Gasteiger charge is -2.09. The fourth-order valence-electron chi connectivity index (χ4n) is 2.11. The van der Waals surface area contributed by atoms with Crippen molar-refractivity contribution in [2.75, 3.05) is 26.9 Å². The van der Waals surface area contributed by atoms with E-state index in [1.54, 1.807) is 38.3 Å². The van der Waals surface area contributed by atoms with E-state index >= 15 is 0 Å². The Balaban J connectivity index is 1.88. The second kappa shape index (κ2) is 9.26. The first-order chi connectivity index (χ1) is 12.5. The molecule has 0 unspecified atom stereocenters. The van der Waals surface area contributed by atoms with Crippen LogP contribution in [-0.2, 0) is 4.74 Å². The minimum atomic E-state index is -0.672. The summed E-state index contributed by atoms with van der Waals surface area (Å²) in [6, 6.07) is 10.9. The SMILES string of the molecule is CCOc1ccc(C(=O)OCCOc2ccc(OC)cc2)cc1[N+](=O)[O-]. The lowest BCUT2D eigenvalue weighted by Crippen LogP contribution is -2.12. The second-order valence-corrected chi connectivity index (χ2v) is 5.03. The quantitative estimate of drug-likeness (QED) is 0.293. The van der Waals surface area contributed by atoms with Crippen LogP contribution in [0.1, 0.15) is 17.3 Å². The van der Waals surface area contributed by atoms with Gasteiger partial charge in [-0.15, -0.1) is 0 Å². The van der Waals surface area contributed by atoms with Crippen molar-refractivity contribution in [1.82, 2.24) is 0 Å². The van der Waals surface area contributed by atoms with Gasteiger partial charge in [-0.2, -0.15) is 0 Å². The third-order valence-corrected chi connectivity index (χ3v) is 3.34. The first-order valence-electron chi connectivity index (χ1n) is 7.90. The van der Waals surface area contributed by atoms with E-state index < -0.39 is 10.9 Å². The van der Waals surface area contributed by atoms with Crippen molar-refractivity contribution in [3.63, 3.8) is 0 Å². The number of nitro benzene ring substituents is 1. The molecule has 2 aromatic rings. The van der Waals surface area contributed by atoms with Gasteiger partial charge in [-0.1, -0.05) is 0 Å². The summed E-state index contributed by atoms with van der Waals surface area (Å²) in [5.74, 6) is 0.755. The highest BCUT2D eigenvalue weighted by Crippen LogP contribution is 2.28. The molecule has 138 valence electrons. The van der Waals surface area contributed by atoms with Crippen LogP contribution in [0, 0.1) is 10.1 Å². The standard InChI is InChI=1S/C18H19NO7/c1-3-24-17-9-4-13(12-16(17)19(21)22)18(20)26-11-10-25-15-7-5-14(23-2)6-8-15/h4-9,12H,3,10-11H2,1-2H3. The van der Waals surface area contributed by atoms with Crippen LogP contribution in [0.5, 0.6) is 17.2 Å². The molecule has 0 fully saturated rings. The van der Waals surface area contributed by atoms with Crippen LogP contribution in [0.15, 0.2) is 42.5 Å². The number of carbonyl (C=O) groups excluding carboxylic acids is 1. The van der Waals surface area contributed by atoms with E-state index in [1.807, 2.05) is 0 Å². The topological polar surface area (TPSA) is 97.1 Å². The van der Waals surface area contributed by atoms with Gasteiger partial charge in [-0.3, -0.25) is 10.1 Å². The molecule has 0 aromatic heterocycles. The number of nitro groups is 1. The van der Waals surface area contributed by atoms with E-state index in [2.05, 4.69) is 0 Å². The molecule has 8 heteroatoms. The lowest BCUT2D eigenvalue weighted by atomic mass is 10.2. The smallest absolute Gasteiger partial charge is 0.338 e. The van der Waals surface area contributed by atoms with Gasteiger partial charge in [-0.05, 0) is 43.3 Å². The fourth-order valence-corrected chi connectivity index (χ4v) is 2.11. The molecule has 0 N–H and O–H groups in total. The van der Waals surface area contributed by atoms with Crippen LogP contribution >= 0.6 is 0 Å². The largest absolute Gasteiger partial charge is 0.497 e. The molecule has 8 nitrogen and oxygen atoms in total. The molecule has 0 amide bonds. The molecule has 26 heavy (non-hydrogen) atoms. The molecule has 0 aliphatic heterocycles. The summed E-state index contributed by atoms with van der Waals surface area (Å²) in [6.07, 6.45) is 0. The molecule has 0 atom stereocenters. The highest BCUT2D eigenvalue weighted by Gasteiger charge is 2.19. The number of ether oxygens (including phenoxy) is 4. The highest BCUT2D eigenvalue weighted by molar-refractivity contribution is 5.90. The van der Waals surface area contributed by atoms with Crippen molar-refractivity contribution < 1.29 is 28.7 Å². The monoisotopic (exact) mass is 361 g/mol. The summed E-state index contributed by atoms with van der Waals surface area (Å²) in [6.45, 7) is 2.16. The van der Waals surface area contributed by atoms with Crippen molar-refractivity contribution in [3.05, 3.63) is 58.1 Å². The Bertz CT molecular complexity index is 759. The number of esters is 1. The summed E-state index contributed by atoms with van der Waals surface area (Å²) in [4.78, 5) is 22.5. The number of nitrogens with zero attached hydrogens (tertiary/aromatic N) is 1. The minimum absolute atomic E-state index is 0.00582. The van der Waals surface area contributed by atoms with Gasteiger partial charge in [0, 0.05) is 6.07 Å². The Morgan fingerprint density at radius 2 is 1.73 bits per heavy atom. The molecule has 0 aliphatic rings. The van der Waals surface area contributed by atoms with Crippen molar-refractivity contribution >= 4 is 11.7 Å². The number of benzene rings is 2. The molecule has 0 aliphatic carbocycles. The van der Waals surface area contributed by atoms with Crippen LogP contribution in [0.2, 0.25) is 0 Å². The van der Waals surface area contributed by atoms with Gasteiger partial charge in [0.05, 0.1) is 24.2 Å². The number of hydrogen-bond acceptors (Lipinski definition) is 7. The molecule has 0 bridgehead atoms. The van der Waals surface area contributed by atoms with Gasteiger partial charge in [0.15, 0.2) is 5.75 Å². The maximum Gasteiger partial charge on any atom is 0.338 e. The zero-order chi connectivity index (χ0) is 18.9. The van der Waals surface area contributed by atoms with Crippen LogP contribution < -0.4 is 14.2 Å². The van der Waals surface area contributed by atoms with E-state index in [4.69, 9.17) is 18.9 Å². The predicted molar refractivity (Wildman–Crippen MR) is 93.0 cm³/mol. The Labute approximate surface area is 150 Å². The number of methoxy groups -OCH3 is 1. The molecule has 0 radical (unpaired) electrons. The molecule has 0 spiro atoms. The Morgan fingerprint density at radius 3 is 2.35 bits per heavy atom. The average molecular weight is 361 g/mol. The van der Waals surface area contributed by atoms with E-state index in [0.29, 0.717) is 11.5 Å². The lowest BCUT2D eigenvalue weighted by molar-refractivity contribution is -0.385. The Morgan fingerprint density at radius 1 is 1.04 bits per heavy atom. The predicted octanol–water partition coefficient (Wildman–Crippen LogP) is 3.24. The zero-order valence-corrected chi connectivity index (χ0v) is 14.5. The highest BCUT2D eigenvalue weighted by atomic mass is 16.6. The molecule has 0 saturated carbocycles. The minimum Gasteiger partial charge on any atom is -0.497 e. The third-order valence-electron chi connectivity index (χ3n) is 3.34. The van der Waals surface area contributed by atoms with Crippen molar-refractivity contribution in [2.24, 2.45) is 0 Å². The summed E-state index contributed by atoms with van der Waals surface area (Å²) in [5.41, 5.74) is -0.208. The summed E-state index contributed by atoms with van der Waals surface area (Å²) < 4.78 is 20.7. The van der Waals surface area contributed by atoms with E-state index in [1.165, 1.54) is 12.1 Å². The number of hydrogen-bond donors (Lipinski definition) is 0. The number of carbonyl (C=O) groups is 1. The Kier molecular flexibility index (Phi) is 6.78. The average Bonchev–Trinajstić information content (AvgIpc) is 2.66. The molecular weight excluding hydrogens is 342 g/mol. The molecule has 2 aromatic carbocycles. The van der Waals surface area contributed by atoms with E-state index in [-0.39, 0.29) is 36.8 Å². The van der Waals surface area contributed by atoms with Gasteiger partial charge in [-0.25, -0.2) is 4.79 Å². The van der Waals surface area contributed by atoms with Gasteiger partial charge < -0.3 is 18.9 Å².